The third kappa shape index (κ3) is 5.87. The molecule has 0 radical (unpaired) electrons. The molecule has 1 nitrogen and oxygen atoms in total. The fraction of sp³-hybridized carbons (Fsp3) is 0. The molecule has 0 fully saturated rings. The average Bonchev–Trinajstić information content (AvgIpc) is 3.30. The van der Waals surface area contributed by atoms with Crippen LogP contribution in [0.4, 0.5) is 17.1 Å². The molecule has 9 aromatic rings. The third-order valence-electron chi connectivity index (χ3n) is 11.5. The van der Waals surface area contributed by atoms with Crippen molar-refractivity contribution in [3.63, 3.8) is 0 Å². The van der Waals surface area contributed by atoms with Crippen LogP contribution in [0.15, 0.2) is 218 Å². The first kappa shape index (κ1) is 33.7. The van der Waals surface area contributed by atoms with Gasteiger partial charge in [0.05, 0.1) is 0 Å². The summed E-state index contributed by atoms with van der Waals surface area (Å²) in [5.74, 6) is 0. The van der Waals surface area contributed by atoms with Crippen LogP contribution in [0.5, 0.6) is 0 Å². The number of fused-ring (bicyclic) bond motifs is 4. The third-order valence-corrected chi connectivity index (χ3v) is 13.9. The van der Waals surface area contributed by atoms with E-state index in [0.717, 1.165) is 0 Å². The molecule has 11 rings (SSSR count). The summed E-state index contributed by atoms with van der Waals surface area (Å²) in [6.45, 7) is 0.0630. The molecule has 0 N–H and O–H groups in total. The molecule has 0 aliphatic carbocycles. The molecule has 0 amide bonds. The molecule has 2 aliphatic rings. The monoisotopic (exact) mass is 789 g/mol. The molecule has 2 heterocycles. The van der Waals surface area contributed by atoms with Gasteiger partial charge in [0.1, 0.15) is 0 Å². The Kier molecular flexibility index (Phi) is 8.36. The number of nitrogens with zero attached hydrogens (tertiary/aromatic N) is 1. The van der Waals surface area contributed by atoms with E-state index in [1.165, 1.54) is 98.0 Å². The molecular weight excluding hydrogens is 752 g/mol. The molecule has 2 aliphatic heterocycles. The van der Waals surface area contributed by atoms with Crippen molar-refractivity contribution >= 4 is 64.0 Å². The van der Waals surface area contributed by atoms with Crippen LogP contribution in [0.2, 0.25) is 0 Å². The number of hydrogen-bond acceptors (Lipinski definition) is 1. The Hall–Kier alpha value is -6.64. The van der Waals surface area contributed by atoms with Crippen molar-refractivity contribution in [2.75, 3.05) is 4.90 Å². The molecular formula is C54H36BNSe. The van der Waals surface area contributed by atoms with Crippen molar-refractivity contribution in [2.45, 2.75) is 0 Å². The first-order valence-electron chi connectivity index (χ1n) is 19.6. The van der Waals surface area contributed by atoms with E-state index in [1.54, 1.807) is 0 Å². The zero-order valence-electron chi connectivity index (χ0n) is 31.2. The van der Waals surface area contributed by atoms with Crippen LogP contribution in [0.1, 0.15) is 0 Å². The zero-order chi connectivity index (χ0) is 37.7. The van der Waals surface area contributed by atoms with E-state index in [0.29, 0.717) is 0 Å². The molecule has 0 spiro atoms. The van der Waals surface area contributed by atoms with Crippen molar-refractivity contribution in [2.24, 2.45) is 0 Å². The minimum absolute atomic E-state index is 0.0630. The van der Waals surface area contributed by atoms with Gasteiger partial charge in [-0.05, 0) is 0 Å². The van der Waals surface area contributed by atoms with Gasteiger partial charge in [-0.15, -0.1) is 0 Å². The van der Waals surface area contributed by atoms with Gasteiger partial charge in [-0.3, -0.25) is 0 Å². The van der Waals surface area contributed by atoms with Crippen molar-refractivity contribution in [1.82, 2.24) is 0 Å². The van der Waals surface area contributed by atoms with E-state index >= 15 is 0 Å². The van der Waals surface area contributed by atoms with E-state index in [9.17, 15) is 0 Å². The van der Waals surface area contributed by atoms with Gasteiger partial charge in [0.25, 0.3) is 0 Å². The molecule has 0 unspecified atom stereocenters. The normalized spacial score (nSPS) is 12.4. The van der Waals surface area contributed by atoms with Crippen LogP contribution in [0, 0.1) is 0 Å². The Morgan fingerprint density at radius 3 is 1.33 bits per heavy atom. The fourth-order valence-electron chi connectivity index (χ4n) is 8.90. The van der Waals surface area contributed by atoms with Gasteiger partial charge in [0.15, 0.2) is 0 Å². The zero-order valence-corrected chi connectivity index (χ0v) is 32.9. The molecule has 266 valence electrons. The van der Waals surface area contributed by atoms with Crippen molar-refractivity contribution in [3.05, 3.63) is 218 Å². The van der Waals surface area contributed by atoms with Gasteiger partial charge in [0.2, 0.25) is 0 Å². The quantitative estimate of drug-likeness (QED) is 0.152. The summed E-state index contributed by atoms with van der Waals surface area (Å²) in [7, 11) is 0. The Balaban J connectivity index is 1.26. The number of benzene rings is 9. The topological polar surface area (TPSA) is 3.24 Å². The minimum atomic E-state index is 0.0630. The van der Waals surface area contributed by atoms with Crippen molar-refractivity contribution < 1.29 is 0 Å². The van der Waals surface area contributed by atoms with E-state index in [1.807, 2.05) is 0 Å². The predicted molar refractivity (Wildman–Crippen MR) is 244 cm³/mol. The summed E-state index contributed by atoms with van der Waals surface area (Å²) in [5, 5.41) is 0. The van der Waals surface area contributed by atoms with Crippen LogP contribution in [-0.4, -0.2) is 21.7 Å². The first-order chi connectivity index (χ1) is 28.3. The summed E-state index contributed by atoms with van der Waals surface area (Å²) >= 11 is 0.0946. The van der Waals surface area contributed by atoms with E-state index in [4.69, 9.17) is 0 Å². The number of para-hydroxylation sites is 1. The Morgan fingerprint density at radius 2 is 0.789 bits per heavy atom. The van der Waals surface area contributed by atoms with Crippen LogP contribution in [0.3, 0.4) is 0 Å². The molecule has 0 saturated heterocycles. The molecule has 0 bridgehead atoms. The van der Waals surface area contributed by atoms with Crippen molar-refractivity contribution in [1.29, 1.82) is 0 Å². The van der Waals surface area contributed by atoms with Crippen molar-refractivity contribution in [3.8, 4) is 55.6 Å². The second-order valence-electron chi connectivity index (χ2n) is 14.8. The molecule has 3 heteroatoms. The number of rotatable bonds is 6. The molecule has 57 heavy (non-hydrogen) atoms. The molecule has 0 saturated carbocycles. The van der Waals surface area contributed by atoms with Crippen LogP contribution in [0.25, 0.3) is 55.6 Å². The standard InChI is InChI=1S/C54H36BNSe/c1-6-17-37(18-7-1)42-29-31-49-47(33-42)55-48-34-43(38-19-8-2-9-20-38)30-32-51(48)57-52-36-44(39-21-10-3-11-22-39)35-50(53(52)55)56(49)54-45(40-23-12-4-13-24-40)27-16-28-46(54)41-25-14-5-15-26-41/h1-36H. The van der Waals surface area contributed by atoms with Crippen LogP contribution >= 0.6 is 0 Å². The van der Waals surface area contributed by atoms with Gasteiger partial charge in [-0.1, -0.05) is 0 Å². The number of hydrogen-bond donors (Lipinski definition) is 0. The average molecular weight is 789 g/mol. The van der Waals surface area contributed by atoms with E-state index in [2.05, 4.69) is 223 Å². The Labute approximate surface area is 341 Å². The van der Waals surface area contributed by atoms with E-state index < -0.39 is 0 Å². The van der Waals surface area contributed by atoms with Gasteiger partial charge in [-0.25, -0.2) is 0 Å². The van der Waals surface area contributed by atoms with Gasteiger partial charge in [0, 0.05) is 0 Å². The Bertz CT molecular complexity index is 2860. The van der Waals surface area contributed by atoms with Crippen LogP contribution in [-0.2, 0) is 0 Å². The van der Waals surface area contributed by atoms with Gasteiger partial charge >= 0.3 is 343 Å². The van der Waals surface area contributed by atoms with E-state index in [-0.39, 0.29) is 21.7 Å². The SMILES string of the molecule is c1ccc(-c2ccc3c(c2)B2c4cc(-c5ccccc5)ccc4N(c4c(-c5ccccc5)cccc4-c4ccccc4)c4cc(-c5ccccc5)cc(c42)[Se]3)cc1. The van der Waals surface area contributed by atoms with Crippen LogP contribution < -0.4 is 30.2 Å². The predicted octanol–water partition coefficient (Wildman–Crippen LogP) is 10.3. The second kappa shape index (κ2) is 14.1. The maximum absolute atomic E-state index is 2.62. The maximum atomic E-state index is 2.62. The first-order valence-corrected chi connectivity index (χ1v) is 21.3. The fourth-order valence-corrected chi connectivity index (χ4v) is 11.4. The summed E-state index contributed by atoms with van der Waals surface area (Å²) < 4.78 is 2.90. The molecule has 0 atom stereocenters. The molecule has 0 aromatic heterocycles. The van der Waals surface area contributed by atoms with Gasteiger partial charge < -0.3 is 0 Å². The summed E-state index contributed by atoms with van der Waals surface area (Å²) in [6.07, 6.45) is 0. The van der Waals surface area contributed by atoms with Gasteiger partial charge in [-0.2, -0.15) is 0 Å². The summed E-state index contributed by atoms with van der Waals surface area (Å²) in [5.41, 5.74) is 20.1. The summed E-state index contributed by atoms with van der Waals surface area (Å²) in [6, 6.07) is 80.8. The second-order valence-corrected chi connectivity index (χ2v) is 17.1. The molecule has 9 aromatic carbocycles. The Morgan fingerprint density at radius 1 is 0.316 bits per heavy atom. The number of anilines is 3. The summed E-state index contributed by atoms with van der Waals surface area (Å²) in [4.78, 5) is 2.62.